The molecular formula is C22H22N4O3. The summed E-state index contributed by atoms with van der Waals surface area (Å²) in [7, 11) is 0. The predicted octanol–water partition coefficient (Wildman–Crippen LogP) is 2.59. The van der Waals surface area contributed by atoms with Crippen LogP contribution in [0.5, 0.6) is 0 Å². The van der Waals surface area contributed by atoms with Gasteiger partial charge < -0.3 is 16.0 Å². The van der Waals surface area contributed by atoms with E-state index in [0.29, 0.717) is 34.5 Å². The first-order valence-corrected chi connectivity index (χ1v) is 9.24. The zero-order chi connectivity index (χ0) is 21.0. The minimum Gasteiger partial charge on any atom is -0.369 e. The molecule has 0 atom stereocenters. The highest BCUT2D eigenvalue weighted by atomic mass is 16.2. The topological polar surface area (TPSA) is 118 Å². The van der Waals surface area contributed by atoms with Crippen molar-refractivity contribution >= 4 is 17.5 Å². The van der Waals surface area contributed by atoms with Crippen LogP contribution in [0.3, 0.4) is 0 Å². The third-order valence-electron chi connectivity index (χ3n) is 4.64. The fourth-order valence-corrected chi connectivity index (χ4v) is 3.12. The molecule has 29 heavy (non-hydrogen) atoms. The number of para-hydroxylation sites is 1. The van der Waals surface area contributed by atoms with Crippen LogP contribution in [0.2, 0.25) is 0 Å². The first-order chi connectivity index (χ1) is 13.9. The Labute approximate surface area is 168 Å². The Bertz CT molecular complexity index is 1130. The number of benzene rings is 1. The maximum Gasteiger partial charge on any atom is 0.257 e. The molecule has 7 nitrogen and oxygen atoms in total. The molecule has 2 heterocycles. The van der Waals surface area contributed by atoms with Crippen molar-refractivity contribution in [2.75, 3.05) is 5.32 Å². The van der Waals surface area contributed by atoms with E-state index in [1.807, 2.05) is 19.9 Å². The van der Waals surface area contributed by atoms with Gasteiger partial charge in [-0.15, -0.1) is 0 Å². The van der Waals surface area contributed by atoms with Crippen molar-refractivity contribution in [3.05, 3.63) is 81.5 Å². The molecule has 0 fully saturated rings. The van der Waals surface area contributed by atoms with Crippen LogP contribution in [0.15, 0.2) is 53.6 Å². The Morgan fingerprint density at radius 3 is 2.62 bits per heavy atom. The van der Waals surface area contributed by atoms with Gasteiger partial charge in [0.2, 0.25) is 5.91 Å². The summed E-state index contributed by atoms with van der Waals surface area (Å²) in [5.74, 6) is -0.829. The smallest absolute Gasteiger partial charge is 0.257 e. The normalized spacial score (nSPS) is 10.6. The van der Waals surface area contributed by atoms with Crippen molar-refractivity contribution in [1.29, 1.82) is 0 Å². The summed E-state index contributed by atoms with van der Waals surface area (Å²) < 4.78 is 0. The second kappa shape index (κ2) is 8.52. The molecule has 1 aromatic carbocycles. The van der Waals surface area contributed by atoms with E-state index >= 15 is 0 Å². The SMILES string of the molecule is CCc1cc(-c2cncc(C(=O)Nc3ccccc3CC(N)=O)c2)c(C)[nH]c1=O. The van der Waals surface area contributed by atoms with E-state index in [1.165, 1.54) is 6.20 Å². The molecule has 0 unspecified atom stereocenters. The van der Waals surface area contributed by atoms with Gasteiger partial charge in [0.1, 0.15) is 0 Å². The lowest BCUT2D eigenvalue weighted by molar-refractivity contribution is -0.117. The summed E-state index contributed by atoms with van der Waals surface area (Å²) in [5.41, 5.74) is 9.62. The number of anilines is 1. The second-order valence-electron chi connectivity index (χ2n) is 6.73. The molecule has 148 valence electrons. The molecule has 0 saturated heterocycles. The second-order valence-corrected chi connectivity index (χ2v) is 6.73. The molecule has 0 saturated carbocycles. The molecule has 3 aromatic rings. The van der Waals surface area contributed by atoms with Gasteiger partial charge in [0.25, 0.3) is 11.5 Å². The van der Waals surface area contributed by atoms with Crippen LogP contribution in [0, 0.1) is 6.92 Å². The van der Waals surface area contributed by atoms with Gasteiger partial charge in [-0.05, 0) is 37.1 Å². The number of aromatic amines is 1. The van der Waals surface area contributed by atoms with Crippen LogP contribution in [0.4, 0.5) is 5.69 Å². The number of hydrogen-bond donors (Lipinski definition) is 3. The first-order valence-electron chi connectivity index (χ1n) is 9.24. The van der Waals surface area contributed by atoms with E-state index in [0.717, 1.165) is 11.1 Å². The summed E-state index contributed by atoms with van der Waals surface area (Å²) in [4.78, 5) is 43.0. The average Bonchev–Trinajstić information content (AvgIpc) is 2.69. The third kappa shape index (κ3) is 4.57. The number of primary amides is 1. The van der Waals surface area contributed by atoms with Gasteiger partial charge >= 0.3 is 0 Å². The number of aryl methyl sites for hydroxylation is 2. The van der Waals surface area contributed by atoms with E-state index in [1.54, 1.807) is 36.5 Å². The van der Waals surface area contributed by atoms with Gasteiger partial charge in [0, 0.05) is 40.5 Å². The zero-order valence-corrected chi connectivity index (χ0v) is 16.3. The highest BCUT2D eigenvalue weighted by Gasteiger charge is 2.13. The van der Waals surface area contributed by atoms with E-state index in [2.05, 4.69) is 15.3 Å². The van der Waals surface area contributed by atoms with Crippen molar-refractivity contribution in [3.63, 3.8) is 0 Å². The van der Waals surface area contributed by atoms with Crippen LogP contribution in [-0.4, -0.2) is 21.8 Å². The maximum absolute atomic E-state index is 12.8. The minimum absolute atomic E-state index is 0.0328. The van der Waals surface area contributed by atoms with Crippen LogP contribution >= 0.6 is 0 Å². The largest absolute Gasteiger partial charge is 0.369 e. The fraction of sp³-hybridized carbons (Fsp3) is 0.182. The molecule has 0 aliphatic rings. The molecule has 3 rings (SSSR count). The lowest BCUT2D eigenvalue weighted by atomic mass is 10.0. The molecule has 2 amide bonds. The van der Waals surface area contributed by atoms with Gasteiger partial charge in [0.05, 0.1) is 12.0 Å². The van der Waals surface area contributed by atoms with Gasteiger partial charge in [-0.25, -0.2) is 0 Å². The van der Waals surface area contributed by atoms with Crippen molar-refractivity contribution in [2.24, 2.45) is 5.73 Å². The summed E-state index contributed by atoms with van der Waals surface area (Å²) in [6, 6.07) is 10.6. The van der Waals surface area contributed by atoms with Crippen molar-refractivity contribution in [3.8, 4) is 11.1 Å². The third-order valence-corrected chi connectivity index (χ3v) is 4.64. The Morgan fingerprint density at radius 1 is 1.14 bits per heavy atom. The molecule has 7 heteroatoms. The lowest BCUT2D eigenvalue weighted by Gasteiger charge is -2.12. The average molecular weight is 390 g/mol. The molecule has 0 spiro atoms. The first kappa shape index (κ1) is 20.0. The number of nitrogens with two attached hydrogens (primary N) is 1. The van der Waals surface area contributed by atoms with Crippen LogP contribution in [0.1, 0.15) is 34.1 Å². The van der Waals surface area contributed by atoms with E-state index in [4.69, 9.17) is 5.73 Å². The van der Waals surface area contributed by atoms with Crippen LogP contribution in [-0.2, 0) is 17.6 Å². The molecular weight excluding hydrogens is 368 g/mol. The van der Waals surface area contributed by atoms with Gasteiger partial charge in [0.15, 0.2) is 0 Å². The monoisotopic (exact) mass is 390 g/mol. The minimum atomic E-state index is -0.476. The number of hydrogen-bond acceptors (Lipinski definition) is 4. The number of pyridine rings is 2. The van der Waals surface area contributed by atoms with Gasteiger partial charge in [-0.3, -0.25) is 19.4 Å². The highest BCUT2D eigenvalue weighted by molar-refractivity contribution is 6.05. The van der Waals surface area contributed by atoms with E-state index < -0.39 is 5.91 Å². The van der Waals surface area contributed by atoms with Gasteiger partial charge in [-0.2, -0.15) is 0 Å². The molecule has 0 aliphatic heterocycles. The number of rotatable bonds is 6. The fourth-order valence-electron chi connectivity index (χ4n) is 3.12. The van der Waals surface area contributed by atoms with Crippen molar-refractivity contribution in [2.45, 2.75) is 26.7 Å². The number of nitrogens with one attached hydrogen (secondary N) is 2. The van der Waals surface area contributed by atoms with Crippen molar-refractivity contribution < 1.29 is 9.59 Å². The summed E-state index contributed by atoms with van der Waals surface area (Å²) in [6.45, 7) is 3.72. The predicted molar refractivity (Wildman–Crippen MR) is 112 cm³/mol. The highest BCUT2D eigenvalue weighted by Crippen LogP contribution is 2.23. The summed E-state index contributed by atoms with van der Waals surface area (Å²) >= 11 is 0. The number of H-pyrrole nitrogens is 1. The maximum atomic E-state index is 12.8. The molecule has 4 N–H and O–H groups in total. The molecule has 2 aromatic heterocycles. The number of nitrogens with zero attached hydrogens (tertiary/aromatic N) is 1. The Hall–Kier alpha value is -3.74. The lowest BCUT2D eigenvalue weighted by Crippen LogP contribution is -2.18. The Morgan fingerprint density at radius 2 is 1.90 bits per heavy atom. The molecule has 0 aliphatic carbocycles. The Balaban J connectivity index is 1.92. The molecule has 0 radical (unpaired) electrons. The number of carbonyl (C=O) groups excluding carboxylic acids is 2. The Kier molecular flexibility index (Phi) is 5.87. The number of carbonyl (C=O) groups is 2. The van der Waals surface area contributed by atoms with E-state index in [-0.39, 0.29) is 17.9 Å². The summed E-state index contributed by atoms with van der Waals surface area (Å²) in [6.07, 6.45) is 3.76. The van der Waals surface area contributed by atoms with E-state index in [9.17, 15) is 14.4 Å². The van der Waals surface area contributed by atoms with Gasteiger partial charge in [-0.1, -0.05) is 25.1 Å². The van der Waals surface area contributed by atoms with Crippen LogP contribution < -0.4 is 16.6 Å². The quantitative estimate of drug-likeness (QED) is 0.599. The number of aromatic nitrogens is 2. The van der Waals surface area contributed by atoms with Crippen LogP contribution in [0.25, 0.3) is 11.1 Å². The number of amides is 2. The standard InChI is InChI=1S/C22H22N4O3/c1-3-14-9-18(13(2)25-21(14)28)16-8-17(12-24-11-16)22(29)26-19-7-5-4-6-15(19)10-20(23)27/h4-9,11-12H,3,10H2,1-2H3,(H2,23,27)(H,25,28)(H,26,29). The molecule has 0 bridgehead atoms. The zero-order valence-electron chi connectivity index (χ0n) is 16.3. The summed E-state index contributed by atoms with van der Waals surface area (Å²) in [5, 5.41) is 2.81. The van der Waals surface area contributed by atoms with Crippen molar-refractivity contribution in [1.82, 2.24) is 9.97 Å².